The van der Waals surface area contributed by atoms with Crippen LogP contribution in [0.1, 0.15) is 0 Å². The van der Waals surface area contributed by atoms with Crippen LogP contribution in [-0.2, 0) is 20.6 Å². The van der Waals surface area contributed by atoms with Crippen molar-refractivity contribution < 1.29 is 4.74 Å². The van der Waals surface area contributed by atoms with Crippen LogP contribution in [0.3, 0.4) is 0 Å². The first kappa shape index (κ1) is 17.8. The number of imidazole rings is 1. The summed E-state index contributed by atoms with van der Waals surface area (Å²) in [7, 11) is 2.93. The second kappa shape index (κ2) is 6.74. The van der Waals surface area contributed by atoms with Crippen molar-refractivity contribution in [2.75, 3.05) is 6.61 Å². The van der Waals surface area contributed by atoms with E-state index in [1.165, 1.54) is 23.2 Å². The van der Waals surface area contributed by atoms with E-state index in [0.29, 0.717) is 15.8 Å². The van der Waals surface area contributed by atoms with Gasteiger partial charge < -0.3 is 9.30 Å². The average molecular weight is 404 g/mol. The van der Waals surface area contributed by atoms with Gasteiger partial charge in [-0.15, -0.1) is 0 Å². The Morgan fingerprint density at radius 2 is 1.84 bits per heavy atom. The maximum absolute atomic E-state index is 12.4. The molecule has 1 aromatic carbocycles. The number of fused-ring (bicyclic) bond motifs is 1. The van der Waals surface area contributed by atoms with Crippen LogP contribution in [0, 0.1) is 0 Å². The van der Waals surface area contributed by atoms with Crippen molar-refractivity contribution in [1.29, 1.82) is 0 Å². The molecule has 0 spiro atoms. The molecular weight excluding hydrogens is 391 g/mol. The second-order valence-corrected chi connectivity index (χ2v) is 6.52. The maximum Gasteiger partial charge on any atom is 0.332 e. The Hall–Kier alpha value is -1.96. The molecule has 0 saturated carbocycles. The minimum atomic E-state index is -0.470. The fourth-order valence-electron chi connectivity index (χ4n) is 2.46. The summed E-state index contributed by atoms with van der Waals surface area (Å²) in [6.07, 6.45) is 0. The van der Waals surface area contributed by atoms with Gasteiger partial charge in [0.05, 0.1) is 11.6 Å². The van der Waals surface area contributed by atoms with Gasteiger partial charge >= 0.3 is 5.69 Å². The number of hydrogen-bond donors (Lipinski definition) is 0. The quantitative estimate of drug-likeness (QED) is 0.628. The summed E-state index contributed by atoms with van der Waals surface area (Å²) >= 11 is 18.0. The molecule has 2 heterocycles. The van der Waals surface area contributed by atoms with Crippen LogP contribution < -0.4 is 16.0 Å². The molecule has 0 aliphatic heterocycles. The van der Waals surface area contributed by atoms with Crippen LogP contribution in [0.15, 0.2) is 27.8 Å². The van der Waals surface area contributed by atoms with Crippen molar-refractivity contribution in [3.63, 3.8) is 0 Å². The number of aromatic nitrogens is 4. The summed E-state index contributed by atoms with van der Waals surface area (Å²) in [6.45, 7) is 0.445. The average Bonchev–Trinajstić information content (AvgIpc) is 2.90. The minimum absolute atomic E-state index is 0.0964. The Kier molecular flexibility index (Phi) is 4.81. The molecule has 132 valence electrons. The number of hydrogen-bond acceptors (Lipinski definition) is 4. The van der Waals surface area contributed by atoms with E-state index in [1.54, 1.807) is 18.2 Å². The molecule has 3 aromatic rings. The molecule has 0 N–H and O–H groups in total. The highest BCUT2D eigenvalue weighted by molar-refractivity contribution is 6.35. The lowest BCUT2D eigenvalue weighted by atomic mass is 10.3. The Bertz CT molecular complexity index is 1080. The van der Waals surface area contributed by atoms with Crippen molar-refractivity contribution in [2.24, 2.45) is 14.1 Å². The zero-order chi connectivity index (χ0) is 18.3. The van der Waals surface area contributed by atoms with E-state index in [4.69, 9.17) is 39.5 Å². The minimum Gasteiger partial charge on any atom is -0.490 e. The number of benzene rings is 1. The first-order chi connectivity index (χ1) is 11.8. The van der Waals surface area contributed by atoms with Crippen LogP contribution >= 0.6 is 34.8 Å². The summed E-state index contributed by atoms with van der Waals surface area (Å²) in [5.74, 6) is 0.465. The molecule has 0 aliphatic rings. The van der Waals surface area contributed by atoms with Crippen LogP contribution in [0.4, 0.5) is 0 Å². The molecule has 10 heteroatoms. The first-order valence-electron chi connectivity index (χ1n) is 7.21. The Labute approximate surface area is 156 Å². The van der Waals surface area contributed by atoms with Crippen LogP contribution in [0.25, 0.3) is 11.2 Å². The Balaban J connectivity index is 1.93. The molecule has 0 bridgehead atoms. The molecule has 3 rings (SSSR count). The lowest BCUT2D eigenvalue weighted by molar-refractivity contribution is 0.300. The number of halogens is 3. The molecular formula is C15H13Cl3N4O3. The van der Waals surface area contributed by atoms with E-state index in [1.807, 2.05) is 0 Å². The molecule has 0 unspecified atom stereocenters. The number of aryl methyl sites for hydroxylation is 1. The summed E-state index contributed by atoms with van der Waals surface area (Å²) in [5.41, 5.74) is -0.479. The van der Waals surface area contributed by atoms with Gasteiger partial charge in [0.2, 0.25) is 5.28 Å². The molecule has 2 aromatic heterocycles. The van der Waals surface area contributed by atoms with E-state index in [9.17, 15) is 9.59 Å². The second-order valence-electron chi connectivity index (χ2n) is 5.33. The SMILES string of the molecule is Cn1c(=O)c2c(nc(Cl)n2CCOc2ccc(Cl)cc2Cl)n(C)c1=O. The standard InChI is InChI=1S/C15H13Cl3N4O3/c1-20-12-11(13(23)21(2)15(20)24)22(14(18)19-12)5-6-25-10-4-3-8(16)7-9(10)17/h3-4,7H,5-6H2,1-2H3. The fraction of sp³-hybridized carbons (Fsp3) is 0.267. The Morgan fingerprint density at radius 3 is 2.52 bits per heavy atom. The van der Waals surface area contributed by atoms with Crippen molar-refractivity contribution in [1.82, 2.24) is 18.7 Å². The topological polar surface area (TPSA) is 71.0 Å². The molecule has 0 aliphatic carbocycles. The van der Waals surface area contributed by atoms with E-state index < -0.39 is 11.2 Å². The van der Waals surface area contributed by atoms with Gasteiger partial charge in [-0.1, -0.05) is 23.2 Å². The zero-order valence-corrected chi connectivity index (χ0v) is 15.6. The van der Waals surface area contributed by atoms with Crippen molar-refractivity contribution in [2.45, 2.75) is 6.54 Å². The molecule has 25 heavy (non-hydrogen) atoms. The lowest BCUT2D eigenvalue weighted by Gasteiger charge is -2.10. The van der Waals surface area contributed by atoms with Gasteiger partial charge in [0.1, 0.15) is 12.4 Å². The molecule has 0 fully saturated rings. The van der Waals surface area contributed by atoms with Crippen molar-refractivity contribution >= 4 is 46.0 Å². The van der Waals surface area contributed by atoms with E-state index in [2.05, 4.69) is 4.98 Å². The summed E-state index contributed by atoms with van der Waals surface area (Å²) in [5, 5.41) is 0.983. The molecule has 0 atom stereocenters. The van der Waals surface area contributed by atoms with Crippen LogP contribution in [0.5, 0.6) is 5.75 Å². The third-order valence-electron chi connectivity index (χ3n) is 3.77. The van der Waals surface area contributed by atoms with Gasteiger partial charge in [-0.2, -0.15) is 4.98 Å². The van der Waals surface area contributed by atoms with E-state index >= 15 is 0 Å². The van der Waals surface area contributed by atoms with Gasteiger partial charge in [-0.05, 0) is 29.8 Å². The highest BCUT2D eigenvalue weighted by atomic mass is 35.5. The largest absolute Gasteiger partial charge is 0.490 e. The zero-order valence-electron chi connectivity index (χ0n) is 13.3. The van der Waals surface area contributed by atoms with Gasteiger partial charge in [0.15, 0.2) is 11.2 Å². The summed E-state index contributed by atoms with van der Waals surface area (Å²) < 4.78 is 9.40. The van der Waals surface area contributed by atoms with Crippen LogP contribution in [-0.4, -0.2) is 25.3 Å². The number of rotatable bonds is 4. The smallest absolute Gasteiger partial charge is 0.332 e. The van der Waals surface area contributed by atoms with Gasteiger partial charge in [-0.25, -0.2) is 4.79 Å². The predicted octanol–water partition coefficient (Wildman–Crippen LogP) is 2.47. The van der Waals surface area contributed by atoms with Gasteiger partial charge in [0.25, 0.3) is 5.56 Å². The van der Waals surface area contributed by atoms with Crippen LogP contribution in [0.2, 0.25) is 15.3 Å². The number of ether oxygens (including phenoxy) is 1. The van der Waals surface area contributed by atoms with Crippen molar-refractivity contribution in [3.8, 4) is 5.75 Å². The molecule has 0 amide bonds. The lowest BCUT2D eigenvalue weighted by Crippen LogP contribution is -2.37. The molecule has 7 nitrogen and oxygen atoms in total. The van der Waals surface area contributed by atoms with E-state index in [0.717, 1.165) is 4.57 Å². The highest BCUT2D eigenvalue weighted by Gasteiger charge is 2.18. The van der Waals surface area contributed by atoms with Gasteiger partial charge in [0, 0.05) is 19.1 Å². The fourth-order valence-corrected chi connectivity index (χ4v) is 3.18. The third kappa shape index (κ3) is 3.15. The third-order valence-corrected chi connectivity index (χ3v) is 4.59. The maximum atomic E-state index is 12.4. The summed E-state index contributed by atoms with van der Waals surface area (Å²) in [4.78, 5) is 28.5. The number of nitrogens with zero attached hydrogens (tertiary/aromatic N) is 4. The van der Waals surface area contributed by atoms with Gasteiger partial charge in [-0.3, -0.25) is 13.9 Å². The highest BCUT2D eigenvalue weighted by Crippen LogP contribution is 2.27. The molecule has 0 radical (unpaired) electrons. The van der Waals surface area contributed by atoms with Crippen molar-refractivity contribution in [3.05, 3.63) is 54.4 Å². The Morgan fingerprint density at radius 1 is 1.12 bits per heavy atom. The summed E-state index contributed by atoms with van der Waals surface area (Å²) in [6, 6.07) is 4.89. The normalized spacial score (nSPS) is 11.2. The van der Waals surface area contributed by atoms with E-state index in [-0.39, 0.29) is 29.6 Å². The predicted molar refractivity (Wildman–Crippen MR) is 97.2 cm³/mol. The first-order valence-corrected chi connectivity index (χ1v) is 8.34. The molecule has 0 saturated heterocycles. The monoisotopic (exact) mass is 402 g/mol.